The van der Waals surface area contributed by atoms with Crippen LogP contribution in [0.5, 0.6) is 0 Å². The SMILES string of the molecule is Cc1cc(NC(=O)[C@@H](c2ccccc2)N2CCCCCC2)no1. The van der Waals surface area contributed by atoms with E-state index in [1.165, 1.54) is 12.8 Å². The number of hydrogen-bond donors (Lipinski definition) is 1. The molecule has 0 spiro atoms. The first-order valence-electron chi connectivity index (χ1n) is 8.27. The molecule has 1 atom stereocenters. The number of likely N-dealkylation sites (tertiary alicyclic amines) is 1. The first-order chi connectivity index (χ1) is 11.2. The highest BCUT2D eigenvalue weighted by Crippen LogP contribution is 2.25. The predicted molar refractivity (Wildman–Crippen MR) is 89.1 cm³/mol. The topological polar surface area (TPSA) is 58.4 Å². The molecule has 0 bridgehead atoms. The number of carbonyl (C=O) groups excluding carboxylic acids is 1. The van der Waals surface area contributed by atoms with Crippen molar-refractivity contribution in [3.05, 3.63) is 47.7 Å². The Labute approximate surface area is 136 Å². The normalized spacial score (nSPS) is 17.4. The first-order valence-corrected chi connectivity index (χ1v) is 8.27. The number of anilines is 1. The monoisotopic (exact) mass is 313 g/mol. The fourth-order valence-electron chi connectivity index (χ4n) is 3.14. The van der Waals surface area contributed by atoms with Crippen molar-refractivity contribution >= 4 is 11.7 Å². The molecule has 2 heterocycles. The number of carbonyl (C=O) groups is 1. The molecule has 1 aromatic carbocycles. The van der Waals surface area contributed by atoms with Crippen LogP contribution in [0.25, 0.3) is 0 Å². The van der Waals surface area contributed by atoms with Crippen LogP contribution in [-0.2, 0) is 4.79 Å². The van der Waals surface area contributed by atoms with E-state index < -0.39 is 0 Å². The molecular formula is C18H23N3O2. The Morgan fingerprint density at radius 3 is 2.48 bits per heavy atom. The molecule has 5 heteroatoms. The zero-order valence-electron chi connectivity index (χ0n) is 13.5. The molecule has 5 nitrogen and oxygen atoms in total. The average molecular weight is 313 g/mol. The second-order valence-corrected chi connectivity index (χ2v) is 6.08. The summed E-state index contributed by atoms with van der Waals surface area (Å²) in [5.74, 6) is 1.11. The Morgan fingerprint density at radius 1 is 1.17 bits per heavy atom. The van der Waals surface area contributed by atoms with E-state index in [4.69, 9.17) is 4.52 Å². The molecule has 1 fully saturated rings. The third-order valence-corrected chi connectivity index (χ3v) is 4.25. The fourth-order valence-corrected chi connectivity index (χ4v) is 3.14. The number of aryl methyl sites for hydroxylation is 1. The third-order valence-electron chi connectivity index (χ3n) is 4.25. The number of aromatic nitrogens is 1. The lowest BCUT2D eigenvalue weighted by Crippen LogP contribution is -2.38. The maximum Gasteiger partial charge on any atom is 0.247 e. The van der Waals surface area contributed by atoms with Gasteiger partial charge in [-0.2, -0.15) is 0 Å². The van der Waals surface area contributed by atoms with Crippen molar-refractivity contribution in [2.75, 3.05) is 18.4 Å². The highest BCUT2D eigenvalue weighted by Gasteiger charge is 2.28. The maximum absolute atomic E-state index is 12.9. The van der Waals surface area contributed by atoms with Crippen LogP contribution in [0.4, 0.5) is 5.82 Å². The van der Waals surface area contributed by atoms with Gasteiger partial charge < -0.3 is 9.84 Å². The summed E-state index contributed by atoms with van der Waals surface area (Å²) in [5.41, 5.74) is 1.02. The van der Waals surface area contributed by atoms with Gasteiger partial charge in [0.2, 0.25) is 5.91 Å². The van der Waals surface area contributed by atoms with Crippen molar-refractivity contribution < 1.29 is 9.32 Å². The van der Waals surface area contributed by atoms with Gasteiger partial charge in [0.05, 0.1) is 0 Å². The van der Waals surface area contributed by atoms with Crippen molar-refractivity contribution in [2.24, 2.45) is 0 Å². The van der Waals surface area contributed by atoms with Crippen molar-refractivity contribution in [3.8, 4) is 0 Å². The van der Waals surface area contributed by atoms with Gasteiger partial charge in [-0.15, -0.1) is 0 Å². The first kappa shape index (κ1) is 15.7. The van der Waals surface area contributed by atoms with Crippen LogP contribution in [-0.4, -0.2) is 29.1 Å². The van der Waals surface area contributed by atoms with E-state index in [0.717, 1.165) is 31.5 Å². The molecule has 1 amide bonds. The predicted octanol–water partition coefficient (Wildman–Crippen LogP) is 3.54. The Hall–Kier alpha value is -2.14. The van der Waals surface area contributed by atoms with Gasteiger partial charge >= 0.3 is 0 Å². The van der Waals surface area contributed by atoms with Gasteiger partial charge in [-0.1, -0.05) is 48.3 Å². The lowest BCUT2D eigenvalue weighted by molar-refractivity contribution is -0.121. The minimum atomic E-state index is -0.286. The van der Waals surface area contributed by atoms with E-state index in [9.17, 15) is 4.79 Å². The number of nitrogens with zero attached hydrogens (tertiary/aromatic N) is 2. The molecule has 23 heavy (non-hydrogen) atoms. The van der Waals surface area contributed by atoms with Crippen LogP contribution in [0.3, 0.4) is 0 Å². The highest BCUT2D eigenvalue weighted by atomic mass is 16.5. The summed E-state index contributed by atoms with van der Waals surface area (Å²) < 4.78 is 5.04. The van der Waals surface area contributed by atoms with Gasteiger partial charge in [0, 0.05) is 6.07 Å². The number of nitrogens with one attached hydrogen (secondary N) is 1. The molecule has 3 rings (SSSR count). The molecule has 122 valence electrons. The van der Waals surface area contributed by atoms with Crippen molar-refractivity contribution in [1.29, 1.82) is 0 Å². The van der Waals surface area contributed by atoms with Gasteiger partial charge in [-0.05, 0) is 38.4 Å². The lowest BCUT2D eigenvalue weighted by atomic mass is 10.0. The van der Waals surface area contributed by atoms with Crippen LogP contribution in [0, 0.1) is 6.92 Å². The number of hydrogen-bond acceptors (Lipinski definition) is 4. The van der Waals surface area contributed by atoms with E-state index in [2.05, 4.69) is 15.4 Å². The summed E-state index contributed by atoms with van der Waals surface area (Å²) in [4.78, 5) is 15.2. The Kier molecular flexibility index (Phi) is 5.08. The van der Waals surface area contributed by atoms with Crippen molar-refractivity contribution in [1.82, 2.24) is 10.1 Å². The Bertz CT molecular complexity index is 631. The van der Waals surface area contributed by atoms with E-state index in [0.29, 0.717) is 11.6 Å². The van der Waals surface area contributed by atoms with E-state index >= 15 is 0 Å². The molecule has 1 aromatic heterocycles. The lowest BCUT2D eigenvalue weighted by Gasteiger charge is -2.29. The van der Waals surface area contributed by atoms with E-state index in [1.54, 1.807) is 6.07 Å². The Morgan fingerprint density at radius 2 is 1.87 bits per heavy atom. The third kappa shape index (κ3) is 3.99. The minimum absolute atomic E-state index is 0.0496. The molecule has 0 radical (unpaired) electrons. The second-order valence-electron chi connectivity index (χ2n) is 6.08. The molecular weight excluding hydrogens is 290 g/mol. The average Bonchev–Trinajstić information content (AvgIpc) is 2.80. The van der Waals surface area contributed by atoms with Crippen LogP contribution in [0.2, 0.25) is 0 Å². The highest BCUT2D eigenvalue weighted by molar-refractivity contribution is 5.94. The van der Waals surface area contributed by atoms with Gasteiger partial charge in [0.15, 0.2) is 5.82 Å². The number of benzene rings is 1. The van der Waals surface area contributed by atoms with Gasteiger partial charge in [0.25, 0.3) is 0 Å². The fraction of sp³-hybridized carbons (Fsp3) is 0.444. The maximum atomic E-state index is 12.9. The molecule has 1 saturated heterocycles. The summed E-state index contributed by atoms with van der Waals surface area (Å²) in [6, 6.07) is 11.4. The smallest absolute Gasteiger partial charge is 0.247 e. The van der Waals surface area contributed by atoms with E-state index in [1.807, 2.05) is 37.3 Å². The molecule has 1 N–H and O–H groups in total. The largest absolute Gasteiger partial charge is 0.360 e. The zero-order chi connectivity index (χ0) is 16.1. The number of amides is 1. The van der Waals surface area contributed by atoms with Crippen LogP contribution in [0.1, 0.15) is 43.0 Å². The molecule has 1 aliphatic heterocycles. The molecule has 1 aliphatic rings. The minimum Gasteiger partial charge on any atom is -0.360 e. The van der Waals surface area contributed by atoms with Gasteiger partial charge in [-0.3, -0.25) is 9.69 Å². The number of rotatable bonds is 4. The molecule has 0 saturated carbocycles. The quantitative estimate of drug-likeness (QED) is 0.938. The molecule has 2 aromatic rings. The van der Waals surface area contributed by atoms with Crippen LogP contribution >= 0.6 is 0 Å². The second kappa shape index (κ2) is 7.42. The summed E-state index contributed by atoms with van der Waals surface area (Å²) in [5, 5.41) is 6.76. The Balaban J connectivity index is 1.83. The standard InChI is InChI=1S/C18H23N3O2/c1-14-13-16(20-23-14)19-18(22)17(15-9-5-4-6-10-15)21-11-7-2-3-8-12-21/h4-6,9-10,13,17H,2-3,7-8,11-12H2,1H3,(H,19,20,22)/t17-/m1/s1. The summed E-state index contributed by atoms with van der Waals surface area (Å²) in [6.45, 7) is 3.71. The van der Waals surface area contributed by atoms with Crippen LogP contribution < -0.4 is 5.32 Å². The zero-order valence-corrected chi connectivity index (χ0v) is 13.5. The molecule has 0 aliphatic carbocycles. The van der Waals surface area contributed by atoms with Crippen LogP contribution in [0.15, 0.2) is 40.9 Å². The van der Waals surface area contributed by atoms with Gasteiger partial charge in [-0.25, -0.2) is 0 Å². The van der Waals surface area contributed by atoms with Gasteiger partial charge in [0.1, 0.15) is 11.8 Å². The summed E-state index contributed by atoms with van der Waals surface area (Å²) >= 11 is 0. The summed E-state index contributed by atoms with van der Waals surface area (Å²) in [7, 11) is 0. The van der Waals surface area contributed by atoms with Crippen molar-refractivity contribution in [3.63, 3.8) is 0 Å². The summed E-state index contributed by atoms with van der Waals surface area (Å²) in [6.07, 6.45) is 4.75. The van der Waals surface area contributed by atoms with E-state index in [-0.39, 0.29) is 11.9 Å². The molecule has 0 unspecified atom stereocenters. The van der Waals surface area contributed by atoms with Crippen molar-refractivity contribution in [2.45, 2.75) is 38.6 Å².